The lowest BCUT2D eigenvalue weighted by Crippen LogP contribution is -2.38. The highest BCUT2D eigenvalue weighted by Crippen LogP contribution is 2.37. The lowest BCUT2D eigenvalue weighted by atomic mass is 9.99. The molecule has 1 amide bonds. The Labute approximate surface area is 118 Å². The standard InChI is InChI=1S/C16H21N3O/c1-3-10(2)19-15(20)8-13(17)16(19)12-9-18-14-7-5-4-6-11(12)14/h4-7,9-10,13,16,18H,3,8,17H2,1-2H3. The van der Waals surface area contributed by atoms with Gasteiger partial charge in [0, 0.05) is 41.2 Å². The number of likely N-dealkylation sites (tertiary alicyclic amines) is 1. The van der Waals surface area contributed by atoms with Gasteiger partial charge in [0.2, 0.25) is 5.91 Å². The van der Waals surface area contributed by atoms with E-state index in [-0.39, 0.29) is 24.0 Å². The number of nitrogens with one attached hydrogen (secondary N) is 1. The van der Waals surface area contributed by atoms with Crippen LogP contribution >= 0.6 is 0 Å². The molecule has 0 bridgehead atoms. The second kappa shape index (κ2) is 4.94. The van der Waals surface area contributed by atoms with Crippen LogP contribution in [0.3, 0.4) is 0 Å². The minimum Gasteiger partial charge on any atom is -0.361 e. The highest BCUT2D eigenvalue weighted by molar-refractivity contribution is 5.87. The number of carbonyl (C=O) groups excluding carboxylic acids is 1. The molecule has 3 N–H and O–H groups in total. The largest absolute Gasteiger partial charge is 0.361 e. The fraction of sp³-hybridized carbons (Fsp3) is 0.438. The van der Waals surface area contributed by atoms with Crippen molar-refractivity contribution in [2.45, 2.75) is 44.8 Å². The molecule has 3 unspecified atom stereocenters. The first kappa shape index (κ1) is 13.2. The Morgan fingerprint density at radius 3 is 2.95 bits per heavy atom. The first-order valence-electron chi connectivity index (χ1n) is 7.26. The number of H-pyrrole nitrogens is 1. The normalized spacial score (nSPS) is 24.6. The lowest BCUT2D eigenvalue weighted by Gasteiger charge is -2.31. The van der Waals surface area contributed by atoms with E-state index in [0.717, 1.165) is 22.9 Å². The zero-order chi connectivity index (χ0) is 14.3. The number of carbonyl (C=O) groups is 1. The van der Waals surface area contributed by atoms with E-state index >= 15 is 0 Å². The van der Waals surface area contributed by atoms with Crippen molar-refractivity contribution in [2.24, 2.45) is 5.73 Å². The van der Waals surface area contributed by atoms with Crippen molar-refractivity contribution in [2.75, 3.05) is 0 Å². The molecule has 1 aliphatic rings. The Morgan fingerprint density at radius 1 is 1.45 bits per heavy atom. The average Bonchev–Trinajstić information content (AvgIpc) is 2.98. The Hall–Kier alpha value is -1.81. The van der Waals surface area contributed by atoms with Crippen LogP contribution in [0, 0.1) is 0 Å². The van der Waals surface area contributed by atoms with Crippen LogP contribution in [-0.2, 0) is 4.79 Å². The second-order valence-electron chi connectivity index (χ2n) is 5.66. The van der Waals surface area contributed by atoms with Gasteiger partial charge in [0.1, 0.15) is 0 Å². The van der Waals surface area contributed by atoms with E-state index in [1.165, 1.54) is 0 Å². The molecule has 1 aliphatic heterocycles. The molecule has 2 heterocycles. The lowest BCUT2D eigenvalue weighted by molar-refractivity contribution is -0.131. The fourth-order valence-electron chi connectivity index (χ4n) is 3.22. The Morgan fingerprint density at radius 2 is 2.20 bits per heavy atom. The first-order chi connectivity index (χ1) is 9.63. The number of rotatable bonds is 3. The van der Waals surface area contributed by atoms with Gasteiger partial charge in [-0.05, 0) is 19.4 Å². The van der Waals surface area contributed by atoms with E-state index < -0.39 is 0 Å². The third-order valence-corrected chi connectivity index (χ3v) is 4.41. The zero-order valence-corrected chi connectivity index (χ0v) is 12.0. The number of nitrogens with zero attached hydrogens (tertiary/aromatic N) is 1. The van der Waals surface area contributed by atoms with E-state index in [1.807, 2.05) is 23.2 Å². The van der Waals surface area contributed by atoms with Crippen LogP contribution in [0.5, 0.6) is 0 Å². The Kier molecular flexibility index (Phi) is 3.26. The Balaban J connectivity index is 2.08. The van der Waals surface area contributed by atoms with Crippen LogP contribution in [0.1, 0.15) is 38.3 Å². The maximum absolute atomic E-state index is 12.3. The third kappa shape index (κ3) is 1.91. The van der Waals surface area contributed by atoms with Gasteiger partial charge >= 0.3 is 0 Å². The molecule has 0 radical (unpaired) electrons. The minimum atomic E-state index is -0.129. The minimum absolute atomic E-state index is 0.0198. The highest BCUT2D eigenvalue weighted by Gasteiger charge is 2.41. The summed E-state index contributed by atoms with van der Waals surface area (Å²) < 4.78 is 0. The molecule has 1 aromatic carbocycles. The smallest absolute Gasteiger partial charge is 0.225 e. The number of hydrogen-bond acceptors (Lipinski definition) is 2. The monoisotopic (exact) mass is 271 g/mol. The summed E-state index contributed by atoms with van der Waals surface area (Å²) in [6.07, 6.45) is 3.38. The van der Waals surface area contributed by atoms with Gasteiger partial charge < -0.3 is 15.6 Å². The van der Waals surface area contributed by atoms with Crippen molar-refractivity contribution in [3.8, 4) is 0 Å². The summed E-state index contributed by atoms with van der Waals surface area (Å²) in [5.74, 6) is 0.169. The number of benzene rings is 1. The van der Waals surface area contributed by atoms with Crippen LogP contribution in [0.25, 0.3) is 10.9 Å². The van der Waals surface area contributed by atoms with Crippen molar-refractivity contribution in [1.82, 2.24) is 9.88 Å². The average molecular weight is 271 g/mol. The number of nitrogens with two attached hydrogens (primary N) is 1. The molecule has 106 valence electrons. The number of para-hydroxylation sites is 1. The quantitative estimate of drug-likeness (QED) is 0.901. The molecule has 3 atom stereocenters. The van der Waals surface area contributed by atoms with Crippen molar-refractivity contribution in [3.63, 3.8) is 0 Å². The summed E-state index contributed by atoms with van der Waals surface area (Å²) in [5.41, 5.74) is 8.49. The van der Waals surface area contributed by atoms with E-state index in [1.54, 1.807) is 0 Å². The summed E-state index contributed by atoms with van der Waals surface area (Å²) in [6, 6.07) is 8.24. The summed E-state index contributed by atoms with van der Waals surface area (Å²) >= 11 is 0. The number of hydrogen-bond donors (Lipinski definition) is 2. The summed E-state index contributed by atoms with van der Waals surface area (Å²) in [4.78, 5) is 17.5. The maximum atomic E-state index is 12.3. The molecule has 1 fully saturated rings. The highest BCUT2D eigenvalue weighted by atomic mass is 16.2. The molecular weight excluding hydrogens is 250 g/mol. The molecule has 1 saturated heterocycles. The predicted molar refractivity (Wildman–Crippen MR) is 80.2 cm³/mol. The van der Waals surface area contributed by atoms with Crippen molar-refractivity contribution < 1.29 is 4.79 Å². The molecule has 20 heavy (non-hydrogen) atoms. The molecule has 4 heteroatoms. The van der Waals surface area contributed by atoms with E-state index in [2.05, 4.69) is 31.0 Å². The maximum Gasteiger partial charge on any atom is 0.225 e. The second-order valence-corrected chi connectivity index (χ2v) is 5.66. The van der Waals surface area contributed by atoms with Crippen LogP contribution in [0.4, 0.5) is 0 Å². The van der Waals surface area contributed by atoms with Crippen LogP contribution in [0.15, 0.2) is 30.5 Å². The van der Waals surface area contributed by atoms with Gasteiger partial charge in [-0.2, -0.15) is 0 Å². The summed E-state index contributed by atoms with van der Waals surface area (Å²) in [7, 11) is 0. The van der Waals surface area contributed by atoms with E-state index in [0.29, 0.717) is 6.42 Å². The van der Waals surface area contributed by atoms with Gasteiger partial charge in [0.05, 0.1) is 6.04 Å². The molecule has 2 aromatic rings. The SMILES string of the molecule is CCC(C)N1C(=O)CC(N)C1c1c[nH]c2ccccc12. The van der Waals surface area contributed by atoms with Gasteiger partial charge in [-0.15, -0.1) is 0 Å². The van der Waals surface area contributed by atoms with Crippen LogP contribution < -0.4 is 5.73 Å². The van der Waals surface area contributed by atoms with Crippen LogP contribution in [-0.4, -0.2) is 27.9 Å². The molecular formula is C16H21N3O. The summed E-state index contributed by atoms with van der Waals surface area (Å²) in [5, 5.41) is 1.16. The number of fused-ring (bicyclic) bond motifs is 1. The Bertz CT molecular complexity index is 633. The van der Waals surface area contributed by atoms with Crippen molar-refractivity contribution >= 4 is 16.8 Å². The molecule has 0 spiro atoms. The first-order valence-corrected chi connectivity index (χ1v) is 7.26. The molecule has 3 rings (SSSR count). The number of aromatic amines is 1. The molecule has 1 aromatic heterocycles. The third-order valence-electron chi connectivity index (χ3n) is 4.41. The van der Waals surface area contributed by atoms with Gasteiger partial charge in [-0.3, -0.25) is 4.79 Å². The zero-order valence-electron chi connectivity index (χ0n) is 12.0. The van der Waals surface area contributed by atoms with Crippen LogP contribution in [0.2, 0.25) is 0 Å². The predicted octanol–water partition coefficient (Wildman–Crippen LogP) is 2.57. The van der Waals surface area contributed by atoms with Gasteiger partial charge in [0.15, 0.2) is 0 Å². The molecule has 0 aliphatic carbocycles. The number of aromatic nitrogens is 1. The van der Waals surface area contributed by atoms with Gasteiger partial charge in [-0.1, -0.05) is 25.1 Å². The summed E-state index contributed by atoms with van der Waals surface area (Å²) in [6.45, 7) is 4.20. The van der Waals surface area contributed by atoms with Crippen molar-refractivity contribution in [3.05, 3.63) is 36.0 Å². The molecule has 0 saturated carbocycles. The van der Waals surface area contributed by atoms with Crippen molar-refractivity contribution in [1.29, 1.82) is 0 Å². The molecule has 4 nitrogen and oxygen atoms in total. The van der Waals surface area contributed by atoms with Gasteiger partial charge in [-0.25, -0.2) is 0 Å². The van der Waals surface area contributed by atoms with E-state index in [9.17, 15) is 4.79 Å². The van der Waals surface area contributed by atoms with Gasteiger partial charge in [0.25, 0.3) is 0 Å². The number of amides is 1. The van der Waals surface area contributed by atoms with E-state index in [4.69, 9.17) is 5.73 Å². The fourth-order valence-corrected chi connectivity index (χ4v) is 3.22. The topological polar surface area (TPSA) is 62.1 Å².